The molecule has 0 aromatic carbocycles. The summed E-state index contributed by atoms with van der Waals surface area (Å²) < 4.78 is 76.0. The van der Waals surface area contributed by atoms with Crippen LogP contribution in [0.1, 0.15) is 25.7 Å². The zero-order valence-corrected chi connectivity index (χ0v) is 9.77. The molecule has 0 saturated heterocycles. The number of hydrazine groups is 1. The number of nitrogens with one attached hydrogen (secondary N) is 1. The molecule has 1 amide bonds. The van der Waals surface area contributed by atoms with Crippen molar-refractivity contribution < 1.29 is 35.9 Å². The van der Waals surface area contributed by atoms with Crippen molar-refractivity contribution in [3.05, 3.63) is 0 Å². The van der Waals surface area contributed by atoms with Gasteiger partial charge in [0.2, 0.25) is 12.0 Å². The fraction of sp³-hybridized carbons (Fsp3) is 0.889. The van der Waals surface area contributed by atoms with Gasteiger partial charge in [0, 0.05) is 13.0 Å². The minimum absolute atomic E-state index is 0.0134. The van der Waals surface area contributed by atoms with Gasteiger partial charge in [0.15, 0.2) is 0 Å². The van der Waals surface area contributed by atoms with Crippen molar-refractivity contribution in [2.24, 2.45) is 5.84 Å². The van der Waals surface area contributed by atoms with Gasteiger partial charge in [0.1, 0.15) is 0 Å². The third kappa shape index (κ3) is 7.88. The molecule has 0 aromatic rings. The molecule has 0 radical (unpaired) electrons. The Morgan fingerprint density at radius 1 is 1.05 bits per heavy atom. The first kappa shape index (κ1) is 18.0. The molecule has 0 aliphatic carbocycles. The Labute approximate surface area is 105 Å². The van der Waals surface area contributed by atoms with E-state index in [0.29, 0.717) is 6.42 Å². The third-order valence-electron chi connectivity index (χ3n) is 2.09. The average Bonchev–Trinajstić information content (AvgIpc) is 2.23. The van der Waals surface area contributed by atoms with Gasteiger partial charge in [0.05, 0.1) is 0 Å². The number of halogens is 6. The minimum Gasteiger partial charge on any atom is -0.361 e. The number of alkyl halides is 6. The number of unbranched alkanes of at least 4 members (excludes halogenated alkanes) is 2. The Kier molecular flexibility index (Phi) is 7.12. The van der Waals surface area contributed by atoms with E-state index in [1.807, 2.05) is 5.43 Å². The number of amides is 1. The molecule has 3 N–H and O–H groups in total. The zero-order chi connectivity index (χ0) is 15.1. The Balaban J connectivity index is 3.93. The second-order valence-electron chi connectivity index (χ2n) is 3.71. The second-order valence-corrected chi connectivity index (χ2v) is 3.71. The number of carbonyl (C=O) groups excluding carboxylic acids is 1. The number of carbonyl (C=O) groups is 1. The van der Waals surface area contributed by atoms with Crippen LogP contribution in [-0.4, -0.2) is 31.0 Å². The standard InChI is InChI=1S/C9H14F6N2O2/c10-8(11,12)7(9(13,14)15)19-5-3-1-2-4-6(18)17-16/h7H,1-5,16H2,(H,17,18). The van der Waals surface area contributed by atoms with Crippen LogP contribution in [0.25, 0.3) is 0 Å². The SMILES string of the molecule is NNC(=O)CCCCCOC(C(F)(F)F)C(F)(F)F. The van der Waals surface area contributed by atoms with Crippen molar-refractivity contribution in [1.29, 1.82) is 0 Å². The van der Waals surface area contributed by atoms with Crippen LogP contribution in [0.5, 0.6) is 0 Å². The molecule has 0 atom stereocenters. The van der Waals surface area contributed by atoms with Gasteiger partial charge in [-0.2, -0.15) is 26.3 Å². The highest BCUT2D eigenvalue weighted by atomic mass is 19.4. The lowest BCUT2D eigenvalue weighted by atomic mass is 10.2. The van der Waals surface area contributed by atoms with Gasteiger partial charge < -0.3 is 4.74 Å². The molecule has 0 saturated carbocycles. The molecule has 0 bridgehead atoms. The summed E-state index contributed by atoms with van der Waals surface area (Å²) in [7, 11) is 0. The Hall–Kier alpha value is -1.03. The van der Waals surface area contributed by atoms with Gasteiger partial charge in [-0.3, -0.25) is 10.2 Å². The van der Waals surface area contributed by atoms with Gasteiger partial charge in [0.25, 0.3) is 0 Å². The number of hydrogen-bond acceptors (Lipinski definition) is 3. The second kappa shape index (κ2) is 7.53. The summed E-state index contributed by atoms with van der Waals surface area (Å²) in [6, 6.07) is 0. The molecular weight excluding hydrogens is 282 g/mol. The number of hydrogen-bond donors (Lipinski definition) is 2. The van der Waals surface area contributed by atoms with Crippen LogP contribution in [-0.2, 0) is 9.53 Å². The van der Waals surface area contributed by atoms with E-state index < -0.39 is 31.0 Å². The largest absolute Gasteiger partial charge is 0.423 e. The van der Waals surface area contributed by atoms with Gasteiger partial charge >= 0.3 is 12.4 Å². The fourth-order valence-corrected chi connectivity index (χ4v) is 1.21. The molecule has 114 valence electrons. The monoisotopic (exact) mass is 296 g/mol. The van der Waals surface area contributed by atoms with E-state index in [-0.39, 0.29) is 19.3 Å². The lowest BCUT2D eigenvalue weighted by Gasteiger charge is -2.23. The molecule has 0 unspecified atom stereocenters. The highest BCUT2D eigenvalue weighted by Gasteiger charge is 2.57. The smallest absolute Gasteiger partial charge is 0.361 e. The van der Waals surface area contributed by atoms with Gasteiger partial charge in [-0.05, 0) is 12.8 Å². The molecule has 0 fully saturated rings. The molecule has 0 aliphatic rings. The molecular formula is C9H14F6N2O2. The summed E-state index contributed by atoms with van der Waals surface area (Å²) in [5.41, 5.74) is 1.85. The highest BCUT2D eigenvalue weighted by Crippen LogP contribution is 2.35. The molecule has 10 heteroatoms. The summed E-state index contributed by atoms with van der Waals surface area (Å²) in [6.45, 7) is -0.687. The predicted octanol–water partition coefficient (Wildman–Crippen LogP) is 2.05. The first-order valence-electron chi connectivity index (χ1n) is 5.33. The van der Waals surface area contributed by atoms with Crippen LogP contribution in [0.4, 0.5) is 26.3 Å². The van der Waals surface area contributed by atoms with Crippen LogP contribution < -0.4 is 11.3 Å². The van der Waals surface area contributed by atoms with Crippen molar-refractivity contribution in [3.63, 3.8) is 0 Å². The molecule has 19 heavy (non-hydrogen) atoms. The number of nitrogens with two attached hydrogens (primary N) is 1. The van der Waals surface area contributed by atoms with E-state index in [2.05, 4.69) is 4.74 Å². The summed E-state index contributed by atoms with van der Waals surface area (Å²) in [4.78, 5) is 10.7. The zero-order valence-electron chi connectivity index (χ0n) is 9.77. The minimum atomic E-state index is -5.49. The van der Waals surface area contributed by atoms with Crippen LogP contribution in [0.2, 0.25) is 0 Å². The fourth-order valence-electron chi connectivity index (χ4n) is 1.21. The summed E-state index contributed by atoms with van der Waals surface area (Å²) >= 11 is 0. The predicted molar refractivity (Wildman–Crippen MR) is 52.6 cm³/mol. The summed E-state index contributed by atoms with van der Waals surface area (Å²) in [5, 5.41) is 0. The molecule has 4 nitrogen and oxygen atoms in total. The average molecular weight is 296 g/mol. The third-order valence-corrected chi connectivity index (χ3v) is 2.09. The van der Waals surface area contributed by atoms with E-state index in [4.69, 9.17) is 5.84 Å². The molecule has 0 heterocycles. The van der Waals surface area contributed by atoms with Gasteiger partial charge in [-0.15, -0.1) is 0 Å². The lowest BCUT2D eigenvalue weighted by molar-refractivity contribution is -0.321. The van der Waals surface area contributed by atoms with E-state index in [1.165, 1.54) is 0 Å². The van der Waals surface area contributed by atoms with Crippen LogP contribution >= 0.6 is 0 Å². The topological polar surface area (TPSA) is 64.3 Å². The van der Waals surface area contributed by atoms with E-state index in [1.54, 1.807) is 0 Å². The van der Waals surface area contributed by atoms with Crippen molar-refractivity contribution in [2.75, 3.05) is 6.61 Å². The first-order valence-corrected chi connectivity index (χ1v) is 5.33. The van der Waals surface area contributed by atoms with Crippen LogP contribution in [0.3, 0.4) is 0 Å². The van der Waals surface area contributed by atoms with Crippen molar-refractivity contribution >= 4 is 5.91 Å². The van der Waals surface area contributed by atoms with Crippen molar-refractivity contribution in [3.8, 4) is 0 Å². The number of rotatable bonds is 7. The van der Waals surface area contributed by atoms with Crippen LogP contribution in [0.15, 0.2) is 0 Å². The lowest BCUT2D eigenvalue weighted by Crippen LogP contribution is -2.44. The summed E-state index contributed by atoms with van der Waals surface area (Å²) in [5.74, 6) is 4.32. The van der Waals surface area contributed by atoms with Gasteiger partial charge in [-0.1, -0.05) is 6.42 Å². The summed E-state index contributed by atoms with van der Waals surface area (Å²) in [6.07, 6.45) is -14.1. The molecule has 0 aromatic heterocycles. The quantitative estimate of drug-likeness (QED) is 0.248. The molecule has 0 rings (SSSR count). The van der Waals surface area contributed by atoms with Crippen molar-refractivity contribution in [1.82, 2.24) is 5.43 Å². The van der Waals surface area contributed by atoms with Crippen molar-refractivity contribution in [2.45, 2.75) is 44.1 Å². The van der Waals surface area contributed by atoms with E-state index in [0.717, 1.165) is 0 Å². The molecule has 0 spiro atoms. The Bertz CT molecular complexity index is 265. The first-order chi connectivity index (χ1) is 8.59. The van der Waals surface area contributed by atoms with Crippen LogP contribution in [0, 0.1) is 0 Å². The Morgan fingerprint density at radius 3 is 2.00 bits per heavy atom. The van der Waals surface area contributed by atoms with E-state index in [9.17, 15) is 31.1 Å². The Morgan fingerprint density at radius 2 is 1.58 bits per heavy atom. The maximum atomic E-state index is 12.0. The number of ether oxygens (including phenoxy) is 1. The highest BCUT2D eigenvalue weighted by molar-refractivity contribution is 5.74. The molecule has 0 aliphatic heterocycles. The maximum Gasteiger partial charge on any atom is 0.423 e. The maximum absolute atomic E-state index is 12.0. The normalized spacial score (nSPS) is 12.8. The van der Waals surface area contributed by atoms with Gasteiger partial charge in [-0.25, -0.2) is 5.84 Å². The van der Waals surface area contributed by atoms with E-state index >= 15 is 0 Å².